The zero-order chi connectivity index (χ0) is 9.42. The van der Waals surface area contributed by atoms with Crippen LogP contribution in [-0.4, -0.2) is 11.6 Å². The molecule has 2 atom stereocenters. The largest absolute Gasteiger partial charge is 0.273 e. The van der Waals surface area contributed by atoms with Gasteiger partial charge in [-0.3, -0.25) is 4.79 Å². The molecule has 0 aromatic carbocycles. The Labute approximate surface area is 78.6 Å². The van der Waals surface area contributed by atoms with Crippen molar-refractivity contribution in [3.05, 3.63) is 0 Å². The van der Waals surface area contributed by atoms with Gasteiger partial charge in [0.05, 0.1) is 0 Å². The summed E-state index contributed by atoms with van der Waals surface area (Å²) in [5.41, 5.74) is 3.79. The van der Waals surface area contributed by atoms with Crippen LogP contribution in [0.4, 0.5) is 0 Å². The third-order valence-electron chi connectivity index (χ3n) is 2.94. The quantitative estimate of drug-likeness (QED) is 0.643. The van der Waals surface area contributed by atoms with E-state index in [0.29, 0.717) is 5.92 Å². The predicted octanol–water partition coefficient (Wildman–Crippen LogP) is 1.54. The van der Waals surface area contributed by atoms with Crippen molar-refractivity contribution in [3.8, 4) is 0 Å². The molecule has 0 aromatic heterocycles. The lowest BCUT2D eigenvalue weighted by Crippen LogP contribution is -2.27. The normalized spacial score (nSPS) is 36.5. The molecule has 0 heterocycles. The maximum absolute atomic E-state index is 11.3. The molecule has 72 valence electrons. The van der Waals surface area contributed by atoms with Crippen LogP contribution in [0.25, 0.3) is 0 Å². The minimum absolute atomic E-state index is 0.111. The van der Waals surface area contributed by atoms with Crippen molar-refractivity contribution in [3.63, 3.8) is 0 Å². The van der Waals surface area contributed by atoms with Crippen molar-refractivity contribution in [1.82, 2.24) is 5.43 Å². The van der Waals surface area contributed by atoms with Gasteiger partial charge in [0.2, 0.25) is 5.91 Å². The zero-order valence-electron chi connectivity index (χ0n) is 8.21. The maximum Gasteiger partial charge on any atom is 0.243 e. The molecule has 1 N–H and O–H groups in total. The van der Waals surface area contributed by atoms with Gasteiger partial charge in [-0.25, -0.2) is 5.43 Å². The van der Waals surface area contributed by atoms with E-state index in [1.54, 1.807) is 0 Å². The van der Waals surface area contributed by atoms with Crippen LogP contribution >= 0.6 is 0 Å². The molecule has 3 nitrogen and oxygen atoms in total. The lowest BCUT2D eigenvalue weighted by Gasteiger charge is -2.23. The molecule has 13 heavy (non-hydrogen) atoms. The van der Waals surface area contributed by atoms with Gasteiger partial charge in [-0.2, -0.15) is 5.10 Å². The zero-order valence-corrected chi connectivity index (χ0v) is 8.21. The molecule has 0 aromatic rings. The molecule has 0 radical (unpaired) electrons. The fourth-order valence-electron chi connectivity index (χ4n) is 1.74. The lowest BCUT2D eigenvalue weighted by atomic mass is 9.85. The number of nitrogens with zero attached hydrogens (tertiary/aromatic N) is 1. The Morgan fingerprint density at radius 2 is 2.08 bits per heavy atom. The molecule has 2 rings (SSSR count). The average molecular weight is 180 g/mol. The molecular formula is C10H16N2O. The van der Waals surface area contributed by atoms with Gasteiger partial charge in [0.25, 0.3) is 0 Å². The molecule has 2 unspecified atom stereocenters. The Morgan fingerprint density at radius 3 is 2.54 bits per heavy atom. The van der Waals surface area contributed by atoms with Gasteiger partial charge in [-0.15, -0.1) is 0 Å². The highest BCUT2D eigenvalue weighted by molar-refractivity contribution is 5.91. The van der Waals surface area contributed by atoms with E-state index in [2.05, 4.69) is 24.4 Å². The van der Waals surface area contributed by atoms with E-state index >= 15 is 0 Å². The van der Waals surface area contributed by atoms with Crippen molar-refractivity contribution in [2.75, 3.05) is 0 Å². The van der Waals surface area contributed by atoms with Crippen molar-refractivity contribution in [2.45, 2.75) is 33.1 Å². The Bertz CT molecular complexity index is 252. The number of carbonyl (C=O) groups is 1. The molecule has 0 spiro atoms. The molecule has 1 amide bonds. The first-order valence-corrected chi connectivity index (χ1v) is 5.02. The number of hydrazone groups is 1. The Morgan fingerprint density at radius 1 is 1.46 bits per heavy atom. The van der Waals surface area contributed by atoms with E-state index < -0.39 is 0 Å². The topological polar surface area (TPSA) is 41.5 Å². The maximum atomic E-state index is 11.3. The smallest absolute Gasteiger partial charge is 0.243 e. The number of carbonyl (C=O) groups excluding carboxylic acids is 1. The van der Waals surface area contributed by atoms with Crippen LogP contribution in [0.3, 0.4) is 0 Å². The highest BCUT2D eigenvalue weighted by Crippen LogP contribution is 2.37. The second-order valence-electron chi connectivity index (χ2n) is 4.49. The van der Waals surface area contributed by atoms with Crippen molar-refractivity contribution in [2.24, 2.45) is 22.9 Å². The molecule has 2 saturated carbocycles. The lowest BCUT2D eigenvalue weighted by molar-refractivity contribution is -0.122. The van der Waals surface area contributed by atoms with Crippen LogP contribution in [0.1, 0.15) is 33.1 Å². The number of hydrogen-bond acceptors (Lipinski definition) is 2. The van der Waals surface area contributed by atoms with Crippen molar-refractivity contribution >= 4 is 11.6 Å². The summed E-state index contributed by atoms with van der Waals surface area (Å²) in [6, 6.07) is 0. The van der Waals surface area contributed by atoms with E-state index in [-0.39, 0.29) is 11.8 Å². The average Bonchev–Trinajstić information content (AvgIpc) is 2.73. The van der Waals surface area contributed by atoms with Crippen LogP contribution in [0.2, 0.25) is 0 Å². The summed E-state index contributed by atoms with van der Waals surface area (Å²) >= 11 is 0. The number of nitrogens with one attached hydrogen (secondary N) is 1. The summed E-state index contributed by atoms with van der Waals surface area (Å²) in [6.45, 7) is 4.30. The molecule has 2 fully saturated rings. The molecular weight excluding hydrogens is 164 g/mol. The van der Waals surface area contributed by atoms with Crippen molar-refractivity contribution < 1.29 is 4.79 Å². The van der Waals surface area contributed by atoms with Crippen LogP contribution in [0, 0.1) is 17.8 Å². The van der Waals surface area contributed by atoms with E-state index in [1.165, 1.54) is 0 Å². The molecule has 0 aliphatic heterocycles. The minimum Gasteiger partial charge on any atom is -0.273 e. The van der Waals surface area contributed by atoms with E-state index in [4.69, 9.17) is 0 Å². The summed E-state index contributed by atoms with van der Waals surface area (Å²) in [4.78, 5) is 11.3. The molecule has 2 aliphatic carbocycles. The second-order valence-corrected chi connectivity index (χ2v) is 4.49. The summed E-state index contributed by atoms with van der Waals surface area (Å²) in [5, 5.41) is 4.09. The molecule has 2 aliphatic rings. The number of rotatable bonds is 2. The number of amides is 1. The van der Waals surface area contributed by atoms with Crippen molar-refractivity contribution in [1.29, 1.82) is 0 Å². The van der Waals surface area contributed by atoms with Gasteiger partial charge < -0.3 is 0 Å². The summed E-state index contributed by atoms with van der Waals surface area (Å²) in [6.07, 6.45) is 3.15. The summed E-state index contributed by atoms with van der Waals surface area (Å²) in [7, 11) is 0. The highest BCUT2D eigenvalue weighted by Gasteiger charge is 2.39. The molecule has 3 heteroatoms. The van der Waals surface area contributed by atoms with Gasteiger partial charge in [0.1, 0.15) is 0 Å². The Kier molecular flexibility index (Phi) is 2.10. The van der Waals surface area contributed by atoms with Gasteiger partial charge in [-0.1, -0.05) is 13.8 Å². The standard InChI is InChI=1S/C10H16N2O/c1-6-3-8(4-6)11-12-10(13)9-5-7(9)2/h6-7,9H,3-5H2,1-2H3,(H,12,13). The third kappa shape index (κ3) is 1.90. The summed E-state index contributed by atoms with van der Waals surface area (Å²) in [5.74, 6) is 1.68. The Hall–Kier alpha value is -0.860. The second kappa shape index (κ2) is 3.13. The SMILES string of the molecule is CC1CC(=NNC(=O)C2CC2C)C1. The van der Waals surface area contributed by atoms with E-state index in [1.807, 2.05) is 0 Å². The van der Waals surface area contributed by atoms with Gasteiger partial charge in [0, 0.05) is 11.6 Å². The first-order valence-electron chi connectivity index (χ1n) is 5.02. The van der Waals surface area contributed by atoms with E-state index in [0.717, 1.165) is 30.9 Å². The predicted molar refractivity (Wildman–Crippen MR) is 51.2 cm³/mol. The monoisotopic (exact) mass is 180 g/mol. The first-order chi connectivity index (χ1) is 6.16. The van der Waals surface area contributed by atoms with Gasteiger partial charge in [0.15, 0.2) is 0 Å². The molecule has 0 saturated heterocycles. The van der Waals surface area contributed by atoms with Gasteiger partial charge in [-0.05, 0) is 31.1 Å². The highest BCUT2D eigenvalue weighted by atomic mass is 16.2. The van der Waals surface area contributed by atoms with Crippen LogP contribution in [0.15, 0.2) is 5.10 Å². The van der Waals surface area contributed by atoms with Crippen LogP contribution in [0.5, 0.6) is 0 Å². The summed E-state index contributed by atoms with van der Waals surface area (Å²) < 4.78 is 0. The van der Waals surface area contributed by atoms with E-state index in [9.17, 15) is 4.79 Å². The minimum atomic E-state index is 0.111. The van der Waals surface area contributed by atoms with Gasteiger partial charge >= 0.3 is 0 Å². The third-order valence-corrected chi connectivity index (χ3v) is 2.94. The van der Waals surface area contributed by atoms with Crippen LogP contribution in [-0.2, 0) is 4.79 Å². The first kappa shape index (κ1) is 8.73. The molecule has 0 bridgehead atoms. The number of hydrogen-bond donors (Lipinski definition) is 1. The fourth-order valence-corrected chi connectivity index (χ4v) is 1.74. The van der Waals surface area contributed by atoms with Crippen LogP contribution < -0.4 is 5.43 Å². The Balaban J connectivity index is 1.73. The fraction of sp³-hybridized carbons (Fsp3) is 0.800.